The van der Waals surface area contributed by atoms with Crippen molar-refractivity contribution < 1.29 is 50.7 Å². The normalized spacial score (nSPS) is 16.1. The fourth-order valence-electron chi connectivity index (χ4n) is 2.79. The summed E-state index contributed by atoms with van der Waals surface area (Å²) in [5, 5.41) is 5.86. The van der Waals surface area contributed by atoms with Gasteiger partial charge < -0.3 is 10.6 Å². The number of nitrogens with one attached hydrogen (secondary N) is 1. The molecule has 1 aromatic carbocycles. The third kappa shape index (κ3) is 7.61. The Morgan fingerprint density at radius 2 is 1.71 bits per heavy atom. The molecule has 1 aliphatic heterocycles. The minimum Gasteiger partial charge on any atom is -0.596 e. The van der Waals surface area contributed by atoms with Gasteiger partial charge in [0, 0.05) is 56.6 Å². The van der Waals surface area contributed by atoms with Crippen LogP contribution >= 0.6 is 0 Å². The molecular formula is C22H26F3N4OY-. The van der Waals surface area contributed by atoms with Crippen molar-refractivity contribution >= 4 is 23.1 Å². The van der Waals surface area contributed by atoms with Crippen LogP contribution in [-0.2, 0) is 37.5 Å². The van der Waals surface area contributed by atoms with E-state index in [1.165, 1.54) is 30.3 Å². The third-order valence-electron chi connectivity index (χ3n) is 4.55. The minimum atomic E-state index is -4.61. The first-order valence-electron chi connectivity index (χ1n) is 9.68. The standard InChI is InChI=1S/C22H26F3N4O.Y/c1-6-15(5)20(26-16-8-10-17(11-9-16)28-22(23,24)25)27-21-18(14(3)4)12-13-19(30)29(21)7-2;/h8-13,26H,6-7H2,1-5H3;/q-1;/b20-15+,27-21+;. The molecule has 0 saturated heterocycles. The Morgan fingerprint density at radius 3 is 2.19 bits per heavy atom. The molecule has 0 unspecified atom stereocenters. The maximum absolute atomic E-state index is 12.4. The number of carbonyl (C=O) groups is 1. The van der Waals surface area contributed by atoms with E-state index in [1.54, 1.807) is 11.0 Å². The van der Waals surface area contributed by atoms with Crippen LogP contribution in [0.1, 0.15) is 41.0 Å². The fourth-order valence-corrected chi connectivity index (χ4v) is 2.79. The molecule has 9 heteroatoms. The number of rotatable bonds is 6. The van der Waals surface area contributed by atoms with Crippen molar-refractivity contribution in [2.24, 2.45) is 4.99 Å². The van der Waals surface area contributed by atoms with Gasteiger partial charge in [0.2, 0.25) is 0 Å². The van der Waals surface area contributed by atoms with Gasteiger partial charge in [-0.05, 0) is 57.9 Å². The Kier molecular flexibility index (Phi) is 10.2. The van der Waals surface area contributed by atoms with Gasteiger partial charge in [0.25, 0.3) is 5.91 Å². The fraction of sp³-hybridized carbons (Fsp3) is 0.364. The molecule has 165 valence electrons. The zero-order chi connectivity index (χ0) is 22.5. The summed E-state index contributed by atoms with van der Waals surface area (Å²) in [5.74, 6) is 0.949. The van der Waals surface area contributed by atoms with E-state index in [2.05, 4.69) is 10.6 Å². The summed E-state index contributed by atoms with van der Waals surface area (Å²) >= 11 is 0. The van der Waals surface area contributed by atoms with Crippen LogP contribution < -0.4 is 5.32 Å². The van der Waals surface area contributed by atoms with E-state index in [9.17, 15) is 18.0 Å². The molecule has 31 heavy (non-hydrogen) atoms. The zero-order valence-corrected chi connectivity index (χ0v) is 21.2. The number of nitrogens with zero attached hydrogens (tertiary/aromatic N) is 3. The number of carbonyl (C=O) groups excluding carboxylic acids is 1. The number of anilines is 1. The summed E-state index contributed by atoms with van der Waals surface area (Å²) in [6, 6.07) is 5.60. The number of allylic oxidation sites excluding steroid dienone is 2. The first-order chi connectivity index (χ1) is 14.1. The Morgan fingerprint density at radius 1 is 1.10 bits per heavy atom. The molecule has 0 bridgehead atoms. The van der Waals surface area contributed by atoms with Gasteiger partial charge in [-0.1, -0.05) is 24.6 Å². The summed E-state index contributed by atoms with van der Waals surface area (Å²) < 4.78 is 37.3. The average molecular weight is 508 g/mol. The third-order valence-corrected chi connectivity index (χ3v) is 4.55. The largest absolute Gasteiger partial charge is 0.596 e. The van der Waals surface area contributed by atoms with Gasteiger partial charge in [-0.2, -0.15) is 13.2 Å². The molecule has 0 aliphatic carbocycles. The van der Waals surface area contributed by atoms with Gasteiger partial charge >= 0.3 is 6.30 Å². The topological polar surface area (TPSA) is 58.8 Å². The number of aliphatic imine (C=N–C) groups is 1. The van der Waals surface area contributed by atoms with E-state index in [1.807, 2.05) is 34.6 Å². The molecule has 2 rings (SSSR count). The maximum Gasteiger partial charge on any atom is 0.332 e. The van der Waals surface area contributed by atoms with Crippen LogP contribution in [0.3, 0.4) is 0 Å². The second kappa shape index (κ2) is 11.6. The molecule has 1 aromatic rings. The monoisotopic (exact) mass is 508 g/mol. The number of amides is 1. The number of amidine groups is 1. The Hall–Kier alpha value is -1.93. The smallest absolute Gasteiger partial charge is 0.332 e. The van der Waals surface area contributed by atoms with Crippen molar-refractivity contribution in [1.29, 1.82) is 0 Å². The van der Waals surface area contributed by atoms with Gasteiger partial charge in [-0.15, -0.1) is 5.69 Å². The maximum atomic E-state index is 12.4. The molecule has 1 aliphatic rings. The van der Waals surface area contributed by atoms with E-state index < -0.39 is 6.30 Å². The van der Waals surface area contributed by atoms with Crippen LogP contribution in [0.2, 0.25) is 0 Å². The second-order valence-electron chi connectivity index (χ2n) is 7.00. The molecule has 0 fully saturated rings. The summed E-state index contributed by atoms with van der Waals surface area (Å²) in [6.45, 7) is 10.1. The van der Waals surface area contributed by atoms with Crippen molar-refractivity contribution in [3.8, 4) is 0 Å². The Labute approximate surface area is 206 Å². The zero-order valence-electron chi connectivity index (χ0n) is 18.3. The average Bonchev–Trinajstić information content (AvgIpc) is 2.67. The van der Waals surface area contributed by atoms with Crippen LogP contribution in [-0.4, -0.2) is 29.5 Å². The summed E-state index contributed by atoms with van der Waals surface area (Å²) in [5.41, 5.74) is 3.21. The van der Waals surface area contributed by atoms with Crippen molar-refractivity contribution in [2.45, 2.75) is 47.3 Å². The van der Waals surface area contributed by atoms with Gasteiger partial charge in [-0.25, -0.2) is 4.99 Å². The van der Waals surface area contributed by atoms with E-state index in [4.69, 9.17) is 4.99 Å². The molecule has 0 spiro atoms. The molecular weight excluding hydrogens is 482 g/mol. The van der Waals surface area contributed by atoms with Crippen LogP contribution in [0.5, 0.6) is 0 Å². The second-order valence-corrected chi connectivity index (χ2v) is 7.00. The van der Waals surface area contributed by atoms with Crippen molar-refractivity contribution in [3.63, 3.8) is 0 Å². The SMILES string of the molecule is CC/C(C)=C(/N=C1\C(=C(C)C)C=CC(=O)N1CC)Nc1ccc([N-]C(F)(F)F)cc1.[Y]. The van der Waals surface area contributed by atoms with Crippen LogP contribution in [0, 0.1) is 0 Å². The van der Waals surface area contributed by atoms with Gasteiger partial charge in [0.15, 0.2) is 0 Å². The van der Waals surface area contributed by atoms with Crippen molar-refractivity contribution in [2.75, 3.05) is 11.9 Å². The molecule has 1 N–H and O–H groups in total. The van der Waals surface area contributed by atoms with E-state index in [0.717, 1.165) is 16.7 Å². The minimum absolute atomic E-state index is 0. The van der Waals surface area contributed by atoms with Crippen LogP contribution in [0.25, 0.3) is 5.32 Å². The molecule has 5 nitrogen and oxygen atoms in total. The number of hydrogen-bond acceptors (Lipinski definition) is 3. The number of halogens is 3. The molecule has 1 heterocycles. The van der Waals surface area contributed by atoms with Gasteiger partial charge in [0.1, 0.15) is 11.7 Å². The molecule has 1 radical (unpaired) electrons. The van der Waals surface area contributed by atoms with E-state index >= 15 is 0 Å². The first kappa shape index (κ1) is 27.1. The molecule has 0 saturated carbocycles. The van der Waals surface area contributed by atoms with Gasteiger partial charge in [0.05, 0.1) is 0 Å². The predicted octanol–water partition coefficient (Wildman–Crippen LogP) is 6.42. The Balaban J connectivity index is 0.00000480. The number of likely N-dealkylation sites (N-methyl/N-ethyl adjacent to an activating group) is 1. The number of hydrogen-bond donors (Lipinski definition) is 1. The number of alkyl halides is 3. The number of benzene rings is 1. The summed E-state index contributed by atoms with van der Waals surface area (Å²) in [4.78, 5) is 18.7. The molecule has 1 amide bonds. The predicted molar refractivity (Wildman–Crippen MR) is 114 cm³/mol. The van der Waals surface area contributed by atoms with Crippen LogP contribution in [0.15, 0.2) is 64.0 Å². The first-order valence-corrected chi connectivity index (χ1v) is 9.68. The van der Waals surface area contributed by atoms with E-state index in [-0.39, 0.29) is 44.3 Å². The molecule has 0 aromatic heterocycles. The quantitative estimate of drug-likeness (QED) is 0.451. The van der Waals surface area contributed by atoms with Crippen molar-refractivity contribution in [3.05, 3.63) is 64.3 Å². The van der Waals surface area contributed by atoms with Crippen LogP contribution in [0.4, 0.5) is 24.5 Å². The summed E-state index contributed by atoms with van der Waals surface area (Å²) in [7, 11) is 0. The molecule has 0 atom stereocenters. The summed E-state index contributed by atoms with van der Waals surface area (Å²) in [6.07, 6.45) is -0.622. The Bertz CT molecular complexity index is 912. The van der Waals surface area contributed by atoms with Crippen molar-refractivity contribution in [1.82, 2.24) is 4.90 Å². The van der Waals surface area contributed by atoms with E-state index in [0.29, 0.717) is 30.3 Å². The van der Waals surface area contributed by atoms with Gasteiger partial charge in [-0.3, -0.25) is 9.69 Å².